The molecule has 0 spiro atoms. The normalized spacial score (nSPS) is 11.7. The van der Waals surface area contributed by atoms with Crippen molar-refractivity contribution >= 4 is 17.2 Å². The standard InChI is InChI=1S/C54H64O6P2/c1-34(2)43-22-14-18-26-49(43)55-61(56-50-27-19-15-23-44(50)35(3)4)59-53-40(11)30-38(9)32-47(53)42(13)48-33-39(10)31-41(12)54(48)60-62(57-51-28-20-16-24-45(51)36(5)6)58-52-29-21-17-25-46(52)37(7)8/h14-37,42H,1-13H3. The fourth-order valence-corrected chi connectivity index (χ4v) is 10.1. The van der Waals surface area contributed by atoms with Crippen LogP contribution in [0, 0.1) is 27.7 Å². The van der Waals surface area contributed by atoms with Crippen molar-refractivity contribution in [1.29, 1.82) is 0 Å². The smallest absolute Gasteiger partial charge is 0.408 e. The summed E-state index contributed by atoms with van der Waals surface area (Å²) < 4.78 is 41.5. The highest BCUT2D eigenvalue weighted by atomic mass is 31.2. The van der Waals surface area contributed by atoms with Crippen LogP contribution >= 0.6 is 17.2 Å². The molecule has 0 aliphatic carbocycles. The van der Waals surface area contributed by atoms with Crippen LogP contribution in [0.2, 0.25) is 0 Å². The minimum absolute atomic E-state index is 0.192. The van der Waals surface area contributed by atoms with Gasteiger partial charge in [0.1, 0.15) is 34.5 Å². The molecule has 326 valence electrons. The molecule has 0 atom stereocenters. The molecule has 6 aromatic carbocycles. The SMILES string of the molecule is Cc1cc(C)c(OP(Oc2ccccc2C(C)C)Oc2ccccc2C(C)C)c(C(C)c2cc(C)cc(C)c2OP(Oc2ccccc2C(C)C)Oc2ccccc2C(C)C)c1. The minimum atomic E-state index is -1.98. The van der Waals surface area contributed by atoms with Gasteiger partial charge in [0.05, 0.1) is 0 Å². The Morgan fingerprint density at radius 2 is 0.581 bits per heavy atom. The van der Waals surface area contributed by atoms with E-state index in [2.05, 4.69) is 139 Å². The Labute approximate surface area is 373 Å². The molecular formula is C54H64O6P2. The predicted octanol–water partition coefficient (Wildman–Crippen LogP) is 17.1. The second kappa shape index (κ2) is 20.9. The number of hydrogen-bond donors (Lipinski definition) is 0. The zero-order valence-electron chi connectivity index (χ0n) is 38.8. The Kier molecular flexibility index (Phi) is 15.7. The fraction of sp³-hybridized carbons (Fsp3) is 0.333. The van der Waals surface area contributed by atoms with E-state index >= 15 is 0 Å². The van der Waals surface area contributed by atoms with Crippen LogP contribution in [0.1, 0.15) is 148 Å². The molecule has 6 aromatic rings. The molecule has 0 bridgehead atoms. The van der Waals surface area contributed by atoms with Gasteiger partial charge in [0, 0.05) is 17.0 Å². The average molecular weight is 871 g/mol. The fourth-order valence-electron chi connectivity index (χ4n) is 7.78. The van der Waals surface area contributed by atoms with Crippen molar-refractivity contribution in [1.82, 2.24) is 0 Å². The number of hydrogen-bond acceptors (Lipinski definition) is 6. The van der Waals surface area contributed by atoms with E-state index in [0.29, 0.717) is 0 Å². The summed E-state index contributed by atoms with van der Waals surface area (Å²) >= 11 is 0. The van der Waals surface area contributed by atoms with Gasteiger partial charge in [-0.05, 0) is 109 Å². The maximum Gasteiger partial charge on any atom is 0.530 e. The topological polar surface area (TPSA) is 55.4 Å². The van der Waals surface area contributed by atoms with Crippen molar-refractivity contribution in [2.45, 2.75) is 120 Å². The summed E-state index contributed by atoms with van der Waals surface area (Å²) in [4.78, 5) is 0. The third kappa shape index (κ3) is 11.3. The Balaban J connectivity index is 1.44. The van der Waals surface area contributed by atoms with Crippen LogP contribution in [0.5, 0.6) is 34.5 Å². The third-order valence-corrected chi connectivity index (χ3v) is 13.1. The van der Waals surface area contributed by atoms with E-state index in [1.165, 1.54) is 0 Å². The van der Waals surface area contributed by atoms with Gasteiger partial charge in [-0.25, -0.2) is 0 Å². The molecule has 0 unspecified atom stereocenters. The molecule has 0 aliphatic rings. The first-order chi connectivity index (χ1) is 29.6. The number of rotatable bonds is 18. The maximum atomic E-state index is 7.10. The predicted molar refractivity (Wildman–Crippen MR) is 259 cm³/mol. The molecule has 0 saturated heterocycles. The van der Waals surface area contributed by atoms with Crippen LogP contribution in [0.25, 0.3) is 0 Å². The summed E-state index contributed by atoms with van der Waals surface area (Å²) in [6.45, 7) is 28.0. The Morgan fingerprint density at radius 1 is 0.323 bits per heavy atom. The molecule has 6 rings (SSSR count). The first-order valence-corrected chi connectivity index (χ1v) is 24.1. The zero-order chi connectivity index (χ0) is 44.7. The summed E-state index contributed by atoms with van der Waals surface area (Å²) in [5.41, 5.74) is 10.5. The first-order valence-electron chi connectivity index (χ1n) is 21.9. The third-order valence-electron chi connectivity index (χ3n) is 11.0. The Hall–Kier alpha value is -5.02. The van der Waals surface area contributed by atoms with Gasteiger partial charge >= 0.3 is 17.2 Å². The van der Waals surface area contributed by atoms with Crippen LogP contribution in [-0.4, -0.2) is 0 Å². The van der Waals surface area contributed by atoms with Gasteiger partial charge in [-0.3, -0.25) is 0 Å². The van der Waals surface area contributed by atoms with Gasteiger partial charge < -0.3 is 27.1 Å². The molecular weight excluding hydrogens is 807 g/mol. The Morgan fingerprint density at radius 3 is 0.839 bits per heavy atom. The van der Waals surface area contributed by atoms with Gasteiger partial charge in [-0.1, -0.05) is 171 Å². The monoisotopic (exact) mass is 870 g/mol. The van der Waals surface area contributed by atoms with Gasteiger partial charge in [0.15, 0.2) is 0 Å². The number of aryl methyl sites for hydroxylation is 4. The van der Waals surface area contributed by atoms with Crippen LogP contribution in [0.4, 0.5) is 0 Å². The van der Waals surface area contributed by atoms with E-state index < -0.39 is 17.2 Å². The highest BCUT2D eigenvalue weighted by molar-refractivity contribution is 7.43. The second-order valence-corrected chi connectivity index (χ2v) is 19.5. The minimum Gasteiger partial charge on any atom is -0.408 e. The quantitative estimate of drug-likeness (QED) is 0.0802. The maximum absolute atomic E-state index is 7.10. The summed E-state index contributed by atoms with van der Waals surface area (Å²) in [5.74, 6) is 5.16. The molecule has 8 heteroatoms. The summed E-state index contributed by atoms with van der Waals surface area (Å²) in [6.07, 6.45) is 0. The van der Waals surface area contributed by atoms with Crippen molar-refractivity contribution in [3.05, 3.63) is 177 Å². The van der Waals surface area contributed by atoms with Crippen LogP contribution < -0.4 is 27.1 Å². The van der Waals surface area contributed by atoms with Crippen LogP contribution in [0.15, 0.2) is 121 Å². The lowest BCUT2D eigenvalue weighted by atomic mass is 9.87. The second-order valence-electron chi connectivity index (χ2n) is 17.5. The van der Waals surface area contributed by atoms with Crippen molar-refractivity contribution in [3.8, 4) is 34.5 Å². The number of benzene rings is 6. The molecule has 0 radical (unpaired) electrons. The van der Waals surface area contributed by atoms with Crippen molar-refractivity contribution in [2.75, 3.05) is 0 Å². The molecule has 0 aliphatic heterocycles. The van der Waals surface area contributed by atoms with E-state index in [1.807, 2.05) is 72.8 Å². The van der Waals surface area contributed by atoms with Gasteiger partial charge in [0.2, 0.25) is 0 Å². The van der Waals surface area contributed by atoms with Crippen LogP contribution in [0.3, 0.4) is 0 Å². The lowest BCUT2D eigenvalue weighted by molar-refractivity contribution is 0.378. The molecule has 0 heterocycles. The highest BCUT2D eigenvalue weighted by Crippen LogP contribution is 2.52. The molecule has 0 amide bonds. The first kappa shape index (κ1) is 46.5. The Bertz CT molecular complexity index is 2160. The lowest BCUT2D eigenvalue weighted by Crippen LogP contribution is -2.11. The van der Waals surface area contributed by atoms with Crippen molar-refractivity contribution in [3.63, 3.8) is 0 Å². The van der Waals surface area contributed by atoms with E-state index in [0.717, 1.165) is 90.1 Å². The largest absolute Gasteiger partial charge is 0.530 e. The van der Waals surface area contributed by atoms with Gasteiger partial charge in [-0.15, -0.1) is 0 Å². The lowest BCUT2D eigenvalue weighted by Gasteiger charge is -2.27. The summed E-state index contributed by atoms with van der Waals surface area (Å²) in [7, 11) is -3.97. The van der Waals surface area contributed by atoms with Crippen molar-refractivity contribution < 1.29 is 27.1 Å². The summed E-state index contributed by atoms with van der Waals surface area (Å²) in [6, 6.07) is 41.3. The van der Waals surface area contributed by atoms with Crippen LogP contribution in [-0.2, 0) is 0 Å². The van der Waals surface area contributed by atoms with E-state index in [-0.39, 0.29) is 29.6 Å². The van der Waals surface area contributed by atoms with Gasteiger partial charge in [-0.2, -0.15) is 0 Å². The van der Waals surface area contributed by atoms with E-state index in [1.54, 1.807) is 0 Å². The number of para-hydroxylation sites is 4. The molecule has 0 N–H and O–H groups in total. The molecule has 0 saturated carbocycles. The van der Waals surface area contributed by atoms with E-state index in [9.17, 15) is 0 Å². The molecule has 62 heavy (non-hydrogen) atoms. The highest BCUT2D eigenvalue weighted by Gasteiger charge is 2.31. The zero-order valence-corrected chi connectivity index (χ0v) is 40.6. The average Bonchev–Trinajstić information content (AvgIpc) is 3.22. The molecule has 0 aromatic heterocycles. The van der Waals surface area contributed by atoms with Gasteiger partial charge in [0.25, 0.3) is 0 Å². The van der Waals surface area contributed by atoms with Crippen molar-refractivity contribution in [2.24, 2.45) is 0 Å². The molecule has 6 nitrogen and oxygen atoms in total. The summed E-state index contributed by atoms with van der Waals surface area (Å²) in [5, 5.41) is 0. The molecule has 0 fully saturated rings. The van der Waals surface area contributed by atoms with E-state index in [4.69, 9.17) is 27.1 Å².